The number of morpholine rings is 1. The summed E-state index contributed by atoms with van der Waals surface area (Å²) in [6, 6.07) is -0.857. The summed E-state index contributed by atoms with van der Waals surface area (Å²) in [4.78, 5) is 29.2. The first-order valence-corrected chi connectivity index (χ1v) is 6.67. The Balaban J connectivity index is 1.71. The Bertz CT molecular complexity index is 541. The van der Waals surface area contributed by atoms with Gasteiger partial charge in [-0.1, -0.05) is 0 Å². The van der Waals surface area contributed by atoms with Crippen molar-refractivity contribution in [1.29, 1.82) is 0 Å². The van der Waals surface area contributed by atoms with Crippen molar-refractivity contribution in [3.8, 4) is 0 Å². The molecule has 7 nitrogen and oxygen atoms in total. The van der Waals surface area contributed by atoms with Gasteiger partial charge >= 0.3 is 5.97 Å². The number of hydrogen-bond acceptors (Lipinski definition) is 4. The summed E-state index contributed by atoms with van der Waals surface area (Å²) in [5, 5.41) is 9.17. The van der Waals surface area contributed by atoms with Crippen LogP contribution < -0.4 is 0 Å². The van der Waals surface area contributed by atoms with Gasteiger partial charge in [-0.05, 0) is 6.42 Å². The van der Waals surface area contributed by atoms with Crippen LogP contribution in [0.25, 0.3) is 0 Å². The highest BCUT2D eigenvalue weighted by molar-refractivity contribution is 5.87. The van der Waals surface area contributed by atoms with Crippen LogP contribution in [0.2, 0.25) is 0 Å². The average molecular weight is 279 g/mol. The number of nitrogens with zero attached hydrogens (tertiary/aromatic N) is 3. The van der Waals surface area contributed by atoms with Gasteiger partial charge in [-0.25, -0.2) is 9.78 Å². The minimum Gasteiger partial charge on any atom is -0.480 e. The fourth-order valence-corrected chi connectivity index (χ4v) is 2.80. The lowest BCUT2D eigenvalue weighted by Crippen LogP contribution is -2.53. The molecule has 20 heavy (non-hydrogen) atoms. The Hall–Kier alpha value is -1.89. The maximum Gasteiger partial charge on any atom is 0.328 e. The molecule has 1 aliphatic heterocycles. The second-order valence-corrected chi connectivity index (χ2v) is 5.34. The van der Waals surface area contributed by atoms with Crippen LogP contribution in [-0.2, 0) is 21.4 Å². The van der Waals surface area contributed by atoms with E-state index in [2.05, 4.69) is 4.98 Å². The average Bonchev–Trinajstić information content (AvgIpc) is 3.12. The maximum atomic E-state index is 12.5. The quantitative estimate of drug-likeness (QED) is 0.830. The van der Waals surface area contributed by atoms with Crippen LogP contribution in [0.4, 0.5) is 0 Å². The molecule has 1 saturated heterocycles. The smallest absolute Gasteiger partial charge is 0.328 e. The second-order valence-electron chi connectivity index (χ2n) is 5.34. The summed E-state index contributed by atoms with van der Waals surface area (Å²) >= 11 is 0. The summed E-state index contributed by atoms with van der Waals surface area (Å²) in [5.41, 5.74) is 1.03. The number of amides is 1. The van der Waals surface area contributed by atoms with Crippen LogP contribution in [0.3, 0.4) is 0 Å². The van der Waals surface area contributed by atoms with E-state index >= 15 is 0 Å². The molecule has 3 rings (SSSR count). The number of rotatable bonds is 3. The van der Waals surface area contributed by atoms with Gasteiger partial charge in [0.15, 0.2) is 6.04 Å². The summed E-state index contributed by atoms with van der Waals surface area (Å²) in [5.74, 6) is -1.04. The van der Waals surface area contributed by atoms with Gasteiger partial charge in [-0.2, -0.15) is 0 Å². The Morgan fingerprint density at radius 2 is 2.30 bits per heavy atom. The number of ether oxygens (including phenoxy) is 1. The van der Waals surface area contributed by atoms with Crippen molar-refractivity contribution < 1.29 is 19.4 Å². The van der Waals surface area contributed by atoms with Crippen molar-refractivity contribution in [2.24, 2.45) is 13.0 Å². The molecule has 7 heteroatoms. The molecule has 1 unspecified atom stereocenters. The lowest BCUT2D eigenvalue weighted by molar-refractivity contribution is -0.158. The molecule has 1 saturated carbocycles. The second kappa shape index (κ2) is 4.90. The highest BCUT2D eigenvalue weighted by Crippen LogP contribution is 2.48. The normalized spacial score (nSPS) is 29.2. The van der Waals surface area contributed by atoms with Crippen molar-refractivity contribution in [3.05, 3.63) is 18.2 Å². The molecule has 1 N–H and O–H groups in total. The molecular weight excluding hydrogens is 262 g/mol. The number of hydrogen-bond donors (Lipinski definition) is 1. The Morgan fingerprint density at radius 1 is 1.50 bits per heavy atom. The predicted octanol–water partition coefficient (Wildman–Crippen LogP) is -0.164. The molecule has 0 bridgehead atoms. The molecule has 3 atom stereocenters. The lowest BCUT2D eigenvalue weighted by Gasteiger charge is -2.33. The van der Waals surface area contributed by atoms with Gasteiger partial charge in [0.05, 0.1) is 19.5 Å². The van der Waals surface area contributed by atoms with Crippen molar-refractivity contribution in [1.82, 2.24) is 14.5 Å². The lowest BCUT2D eigenvalue weighted by atomic mass is 10.1. The van der Waals surface area contributed by atoms with E-state index in [1.807, 2.05) is 11.6 Å². The van der Waals surface area contributed by atoms with Gasteiger partial charge < -0.3 is 19.3 Å². The zero-order valence-electron chi connectivity index (χ0n) is 11.2. The van der Waals surface area contributed by atoms with E-state index in [1.165, 1.54) is 4.90 Å². The highest BCUT2D eigenvalue weighted by atomic mass is 16.5. The van der Waals surface area contributed by atoms with Gasteiger partial charge in [-0.15, -0.1) is 0 Å². The highest BCUT2D eigenvalue weighted by Gasteiger charge is 2.49. The van der Waals surface area contributed by atoms with Crippen LogP contribution in [0.5, 0.6) is 0 Å². The molecule has 2 fully saturated rings. The summed E-state index contributed by atoms with van der Waals surface area (Å²) in [6.45, 7) is 0.827. The molecule has 0 radical (unpaired) electrons. The van der Waals surface area contributed by atoms with E-state index in [4.69, 9.17) is 9.84 Å². The molecule has 108 valence electrons. The van der Waals surface area contributed by atoms with Gasteiger partial charge in [-0.3, -0.25) is 4.79 Å². The van der Waals surface area contributed by atoms with Crippen LogP contribution in [-0.4, -0.2) is 57.2 Å². The van der Waals surface area contributed by atoms with Crippen LogP contribution in [0.15, 0.2) is 12.5 Å². The fourth-order valence-electron chi connectivity index (χ4n) is 2.80. The Labute approximate surface area is 116 Å². The van der Waals surface area contributed by atoms with Crippen LogP contribution >= 0.6 is 0 Å². The number of imidazole rings is 1. The SMILES string of the molecule is Cn1cncc1[C@@H]1C[C@H]1C(=O)N1CCOCC1C(=O)O. The van der Waals surface area contributed by atoms with E-state index in [0.717, 1.165) is 12.1 Å². The van der Waals surface area contributed by atoms with E-state index < -0.39 is 12.0 Å². The first-order chi connectivity index (χ1) is 9.59. The summed E-state index contributed by atoms with van der Waals surface area (Å²) < 4.78 is 7.06. The van der Waals surface area contributed by atoms with Crippen molar-refractivity contribution >= 4 is 11.9 Å². The van der Waals surface area contributed by atoms with Gasteiger partial charge in [0, 0.05) is 37.3 Å². The molecule has 0 spiro atoms. The minimum absolute atomic E-state index is 0.0736. The molecule has 1 aliphatic carbocycles. The third-order valence-electron chi connectivity index (χ3n) is 4.04. The van der Waals surface area contributed by atoms with Crippen molar-refractivity contribution in [2.45, 2.75) is 18.4 Å². The first kappa shape index (κ1) is 13.1. The summed E-state index contributed by atoms with van der Waals surface area (Å²) in [7, 11) is 1.90. The van der Waals surface area contributed by atoms with Crippen LogP contribution in [0, 0.1) is 5.92 Å². The molecule has 2 heterocycles. The molecule has 1 amide bonds. The standard InChI is InChI=1S/C13H17N3O4/c1-15-7-14-5-10(15)8-4-9(8)12(17)16-2-3-20-6-11(16)13(18)19/h5,7-9,11H,2-4,6H2,1H3,(H,18,19)/t8-,9-,11?/m1/s1. The third-order valence-corrected chi connectivity index (χ3v) is 4.04. The minimum atomic E-state index is -1.00. The number of carbonyl (C=O) groups excluding carboxylic acids is 1. The van der Waals surface area contributed by atoms with Gasteiger partial charge in [0.2, 0.25) is 5.91 Å². The number of aliphatic carboxylic acids is 1. The monoisotopic (exact) mass is 279 g/mol. The Kier molecular flexibility index (Phi) is 3.21. The molecular formula is C13H17N3O4. The van der Waals surface area contributed by atoms with E-state index in [9.17, 15) is 9.59 Å². The predicted molar refractivity (Wildman–Crippen MR) is 68.0 cm³/mol. The Morgan fingerprint density at radius 3 is 2.95 bits per heavy atom. The van der Waals surface area contributed by atoms with Gasteiger partial charge in [0.1, 0.15) is 0 Å². The number of aryl methyl sites for hydroxylation is 1. The first-order valence-electron chi connectivity index (χ1n) is 6.67. The molecule has 2 aliphatic rings. The molecule has 1 aromatic rings. The zero-order valence-corrected chi connectivity index (χ0v) is 11.2. The zero-order chi connectivity index (χ0) is 14.3. The third kappa shape index (κ3) is 2.18. The largest absolute Gasteiger partial charge is 0.480 e. The fraction of sp³-hybridized carbons (Fsp3) is 0.615. The number of carbonyl (C=O) groups is 2. The number of aromatic nitrogens is 2. The number of carboxylic acids is 1. The number of carboxylic acid groups (broad SMARTS) is 1. The summed E-state index contributed by atoms with van der Waals surface area (Å²) in [6.07, 6.45) is 4.25. The van der Waals surface area contributed by atoms with Crippen molar-refractivity contribution in [3.63, 3.8) is 0 Å². The molecule has 0 aromatic carbocycles. The topological polar surface area (TPSA) is 84.7 Å². The van der Waals surface area contributed by atoms with E-state index in [-0.39, 0.29) is 24.3 Å². The van der Waals surface area contributed by atoms with E-state index in [0.29, 0.717) is 13.2 Å². The van der Waals surface area contributed by atoms with E-state index in [1.54, 1.807) is 12.5 Å². The van der Waals surface area contributed by atoms with Crippen LogP contribution in [0.1, 0.15) is 18.0 Å². The van der Waals surface area contributed by atoms with Gasteiger partial charge in [0.25, 0.3) is 0 Å². The molecule has 1 aromatic heterocycles. The maximum absolute atomic E-state index is 12.5. The van der Waals surface area contributed by atoms with Crippen molar-refractivity contribution in [2.75, 3.05) is 19.8 Å².